The molecule has 9 heteroatoms. The number of carboxylic acid groups (broad SMARTS) is 2. The van der Waals surface area contributed by atoms with Crippen molar-refractivity contribution in [1.29, 1.82) is 0 Å². The molecule has 4 aliphatic carbocycles. The Hall–Kier alpha value is -1.26. The number of rotatable bonds is 7. The molecule has 0 radical (unpaired) electrons. The molecule has 1 saturated heterocycles. The minimum atomic E-state index is -1.71. The predicted molar refractivity (Wildman–Crippen MR) is 140 cm³/mol. The molecule has 5 aliphatic rings. The summed E-state index contributed by atoms with van der Waals surface area (Å²) in [4.78, 5) is 22.7. The van der Waals surface area contributed by atoms with Crippen LogP contribution in [0.5, 0.6) is 0 Å². The minimum Gasteiger partial charge on any atom is -0.481 e. The van der Waals surface area contributed by atoms with Crippen molar-refractivity contribution in [2.45, 2.75) is 128 Å². The van der Waals surface area contributed by atoms with Crippen molar-refractivity contribution in [3.63, 3.8) is 0 Å². The van der Waals surface area contributed by atoms with Crippen LogP contribution >= 0.6 is 0 Å². The Morgan fingerprint density at radius 1 is 0.897 bits per heavy atom. The number of aliphatic hydroxyl groups excluding tert-OH is 3. The molecule has 5 N–H and O–H groups in total. The third-order valence-electron chi connectivity index (χ3n) is 12.3. The lowest BCUT2D eigenvalue weighted by molar-refractivity contribution is -0.309. The zero-order chi connectivity index (χ0) is 28.3. The van der Waals surface area contributed by atoms with E-state index in [0.717, 1.165) is 32.1 Å². The first-order valence-corrected chi connectivity index (χ1v) is 15.2. The van der Waals surface area contributed by atoms with Crippen molar-refractivity contribution in [3.05, 3.63) is 0 Å². The molecule has 4 saturated carbocycles. The largest absolute Gasteiger partial charge is 0.481 e. The summed E-state index contributed by atoms with van der Waals surface area (Å²) in [7, 11) is 0. The SMILES string of the molecule is C[C@H](CCC(=O)O)[C@H]1CC[C@H]2[C@@H]3CC[C@@H]4C[C@@H](O[C@@H]5O[C@H](C(=O)O)[C@@H](O)[C@H](O)[C@H]5O)CC[C@]4(C)[C@H]3CC[C@]12C. The number of hydrogen-bond donors (Lipinski definition) is 5. The van der Waals surface area contributed by atoms with E-state index in [1.807, 2.05) is 0 Å². The van der Waals surface area contributed by atoms with Crippen LogP contribution in [0.3, 0.4) is 0 Å². The van der Waals surface area contributed by atoms with Gasteiger partial charge in [0.05, 0.1) is 6.10 Å². The van der Waals surface area contributed by atoms with E-state index in [4.69, 9.17) is 9.47 Å². The number of ether oxygens (including phenoxy) is 2. The Morgan fingerprint density at radius 3 is 2.28 bits per heavy atom. The lowest BCUT2D eigenvalue weighted by Crippen LogP contribution is -2.61. The van der Waals surface area contributed by atoms with Crippen molar-refractivity contribution in [2.24, 2.45) is 46.3 Å². The molecule has 5 fully saturated rings. The first-order valence-electron chi connectivity index (χ1n) is 15.2. The number of carboxylic acids is 2. The van der Waals surface area contributed by atoms with Crippen molar-refractivity contribution in [2.75, 3.05) is 0 Å². The van der Waals surface area contributed by atoms with Gasteiger partial charge in [0.2, 0.25) is 0 Å². The molecule has 1 aliphatic heterocycles. The smallest absolute Gasteiger partial charge is 0.335 e. The predicted octanol–water partition coefficient (Wildman–Crippen LogP) is 3.42. The van der Waals surface area contributed by atoms with Crippen molar-refractivity contribution >= 4 is 11.9 Å². The molecule has 0 aromatic heterocycles. The maximum atomic E-state index is 11.5. The van der Waals surface area contributed by atoms with Gasteiger partial charge in [-0.25, -0.2) is 4.79 Å². The molecule has 14 atom stereocenters. The fourth-order valence-electron chi connectivity index (χ4n) is 10.2. The summed E-state index contributed by atoms with van der Waals surface area (Å²) in [6.45, 7) is 7.22. The number of hydrogen-bond acceptors (Lipinski definition) is 7. The number of aliphatic carboxylic acids is 2. The van der Waals surface area contributed by atoms with E-state index in [0.29, 0.717) is 40.9 Å². The van der Waals surface area contributed by atoms with Gasteiger partial charge in [0.15, 0.2) is 12.4 Å². The third kappa shape index (κ3) is 5.05. The summed E-state index contributed by atoms with van der Waals surface area (Å²) in [5.74, 6) is 1.48. The van der Waals surface area contributed by atoms with Gasteiger partial charge < -0.3 is 35.0 Å². The molecule has 0 amide bonds. The van der Waals surface area contributed by atoms with Crippen LogP contribution in [-0.2, 0) is 19.1 Å². The molecule has 0 aromatic rings. The Labute approximate surface area is 231 Å². The molecule has 39 heavy (non-hydrogen) atoms. The summed E-state index contributed by atoms with van der Waals surface area (Å²) in [5.41, 5.74) is 0.506. The molecule has 0 bridgehead atoms. The molecular weight excluding hydrogens is 504 g/mol. The van der Waals surface area contributed by atoms with Crippen LogP contribution in [-0.4, -0.2) is 74.3 Å². The van der Waals surface area contributed by atoms with Crippen molar-refractivity contribution in [3.8, 4) is 0 Å². The molecule has 5 rings (SSSR count). The van der Waals surface area contributed by atoms with E-state index in [2.05, 4.69) is 20.8 Å². The third-order valence-corrected chi connectivity index (χ3v) is 12.3. The van der Waals surface area contributed by atoms with Crippen LogP contribution in [0.25, 0.3) is 0 Å². The van der Waals surface area contributed by atoms with Gasteiger partial charge >= 0.3 is 11.9 Å². The molecule has 1 heterocycles. The second kappa shape index (κ2) is 10.9. The van der Waals surface area contributed by atoms with Crippen LogP contribution in [0.1, 0.15) is 91.4 Å². The quantitative estimate of drug-likeness (QED) is 0.299. The van der Waals surface area contributed by atoms with Crippen LogP contribution in [0, 0.1) is 46.3 Å². The van der Waals surface area contributed by atoms with Gasteiger partial charge in [-0.3, -0.25) is 4.79 Å². The van der Waals surface area contributed by atoms with Gasteiger partial charge in [0.1, 0.15) is 18.3 Å². The van der Waals surface area contributed by atoms with Crippen molar-refractivity contribution < 1.29 is 44.6 Å². The lowest BCUT2D eigenvalue weighted by Gasteiger charge is -2.61. The first-order chi connectivity index (χ1) is 18.4. The second-order valence-corrected chi connectivity index (χ2v) is 14.1. The highest BCUT2D eigenvalue weighted by Crippen LogP contribution is 2.68. The van der Waals surface area contributed by atoms with Crippen LogP contribution < -0.4 is 0 Å². The molecule has 222 valence electrons. The average molecular weight is 553 g/mol. The van der Waals surface area contributed by atoms with E-state index in [1.54, 1.807) is 0 Å². The monoisotopic (exact) mass is 552 g/mol. The maximum absolute atomic E-state index is 11.5. The average Bonchev–Trinajstić information content (AvgIpc) is 3.24. The van der Waals surface area contributed by atoms with E-state index < -0.39 is 42.6 Å². The van der Waals surface area contributed by atoms with Crippen molar-refractivity contribution in [1.82, 2.24) is 0 Å². The van der Waals surface area contributed by atoms with Gasteiger partial charge in [-0.05, 0) is 111 Å². The molecule has 0 spiro atoms. The van der Waals surface area contributed by atoms with E-state index >= 15 is 0 Å². The number of carbonyl (C=O) groups is 2. The Balaban J connectivity index is 1.23. The first kappa shape index (κ1) is 29.2. The highest BCUT2D eigenvalue weighted by molar-refractivity contribution is 5.73. The minimum absolute atomic E-state index is 0.198. The van der Waals surface area contributed by atoms with Gasteiger partial charge in [0, 0.05) is 6.42 Å². The highest BCUT2D eigenvalue weighted by atomic mass is 16.7. The molecule has 0 unspecified atom stereocenters. The summed E-state index contributed by atoms with van der Waals surface area (Å²) in [6.07, 6.45) is 2.84. The zero-order valence-electron chi connectivity index (χ0n) is 23.6. The number of aliphatic hydroxyl groups is 3. The number of fused-ring (bicyclic) bond motifs is 5. The standard InChI is InChI=1S/C30H48O9/c1-15(4-9-22(31)32)19-7-8-20-18-6-5-16-14-17(10-12-29(16,2)21(18)11-13-30(19,20)3)38-28-25(35)23(33)24(34)26(39-28)27(36)37/h15-21,23-26,28,33-35H,4-14H2,1-3H3,(H,31,32)(H,36,37)/t15-,16-,17+,18+,19-,20+,21+,23+,24+,25-,26+,28-,29+,30-/m1/s1. The Kier molecular flexibility index (Phi) is 8.14. The zero-order valence-corrected chi connectivity index (χ0v) is 23.6. The van der Waals surface area contributed by atoms with E-state index in [9.17, 15) is 35.1 Å². The molecule has 9 nitrogen and oxygen atoms in total. The lowest BCUT2D eigenvalue weighted by atomic mass is 9.44. The van der Waals surface area contributed by atoms with Gasteiger partial charge in [-0.2, -0.15) is 0 Å². The maximum Gasteiger partial charge on any atom is 0.335 e. The van der Waals surface area contributed by atoms with E-state index in [1.165, 1.54) is 32.1 Å². The van der Waals surface area contributed by atoms with Gasteiger partial charge in [-0.1, -0.05) is 20.8 Å². The fraction of sp³-hybridized carbons (Fsp3) is 0.933. The Morgan fingerprint density at radius 2 is 1.59 bits per heavy atom. The second-order valence-electron chi connectivity index (χ2n) is 14.1. The summed E-state index contributed by atoms with van der Waals surface area (Å²) < 4.78 is 11.5. The van der Waals surface area contributed by atoms with Gasteiger partial charge in [-0.15, -0.1) is 0 Å². The van der Waals surface area contributed by atoms with Crippen LogP contribution in [0.15, 0.2) is 0 Å². The van der Waals surface area contributed by atoms with E-state index in [-0.39, 0.29) is 17.9 Å². The normalized spacial score (nSPS) is 50.4. The molecular formula is C30H48O9. The highest BCUT2D eigenvalue weighted by Gasteiger charge is 2.61. The topological polar surface area (TPSA) is 154 Å². The van der Waals surface area contributed by atoms with Gasteiger partial charge in [0.25, 0.3) is 0 Å². The molecule has 0 aromatic carbocycles. The Bertz CT molecular complexity index is 926. The van der Waals surface area contributed by atoms with Crippen LogP contribution in [0.2, 0.25) is 0 Å². The van der Waals surface area contributed by atoms with Crippen LogP contribution in [0.4, 0.5) is 0 Å². The summed E-state index contributed by atoms with van der Waals surface area (Å²) in [5, 5.41) is 49.1. The summed E-state index contributed by atoms with van der Waals surface area (Å²) in [6, 6.07) is 0. The summed E-state index contributed by atoms with van der Waals surface area (Å²) >= 11 is 0. The fourth-order valence-corrected chi connectivity index (χ4v) is 10.2.